The monoisotopic (exact) mass is 255 g/mol. The summed E-state index contributed by atoms with van der Waals surface area (Å²) in [5.41, 5.74) is 8.87. The molecule has 1 aromatic heterocycles. The molecule has 3 heteroatoms. The highest BCUT2D eigenvalue weighted by Crippen LogP contribution is 2.39. The van der Waals surface area contributed by atoms with Gasteiger partial charge in [0, 0.05) is 30.0 Å². The molecule has 0 aliphatic heterocycles. The Hall–Kier alpha value is -1.61. The number of nitrogens with two attached hydrogens (primary N) is 1. The third-order valence-electron chi connectivity index (χ3n) is 4.46. The summed E-state index contributed by atoms with van der Waals surface area (Å²) in [7, 11) is 0. The van der Waals surface area contributed by atoms with Crippen LogP contribution in [0.3, 0.4) is 0 Å². The molecule has 100 valence electrons. The molecule has 1 aliphatic carbocycles. The standard InChI is InChI=1S/C16H21N3/c17-12-16(7-2-1-3-8-16)14-5-4-6-15(11-14)19-10-9-18-13-19/h4-6,9-11,13H,1-3,7-8,12,17H2. The van der Waals surface area contributed by atoms with Gasteiger partial charge in [-0.3, -0.25) is 0 Å². The molecular weight excluding hydrogens is 234 g/mol. The maximum absolute atomic E-state index is 6.12. The number of hydrogen-bond acceptors (Lipinski definition) is 2. The van der Waals surface area contributed by atoms with Crippen molar-refractivity contribution in [1.82, 2.24) is 9.55 Å². The first-order valence-corrected chi connectivity index (χ1v) is 7.13. The zero-order chi connectivity index (χ0) is 13.1. The molecule has 1 aliphatic rings. The van der Waals surface area contributed by atoms with Crippen molar-refractivity contribution < 1.29 is 0 Å². The van der Waals surface area contributed by atoms with E-state index in [9.17, 15) is 0 Å². The van der Waals surface area contributed by atoms with E-state index in [-0.39, 0.29) is 5.41 Å². The third kappa shape index (κ3) is 2.30. The van der Waals surface area contributed by atoms with Crippen molar-refractivity contribution in [3.63, 3.8) is 0 Å². The molecule has 0 radical (unpaired) electrons. The van der Waals surface area contributed by atoms with Crippen LogP contribution in [0.15, 0.2) is 43.0 Å². The molecule has 3 nitrogen and oxygen atoms in total. The third-order valence-corrected chi connectivity index (χ3v) is 4.46. The summed E-state index contributed by atoms with van der Waals surface area (Å²) in [5, 5.41) is 0. The maximum atomic E-state index is 6.12. The summed E-state index contributed by atoms with van der Waals surface area (Å²) in [6.07, 6.45) is 12.0. The molecule has 0 unspecified atom stereocenters. The summed E-state index contributed by atoms with van der Waals surface area (Å²) >= 11 is 0. The number of aromatic nitrogens is 2. The van der Waals surface area contributed by atoms with Gasteiger partial charge in [0.05, 0.1) is 6.33 Å². The summed E-state index contributed by atoms with van der Waals surface area (Å²) < 4.78 is 2.05. The zero-order valence-corrected chi connectivity index (χ0v) is 11.3. The van der Waals surface area contributed by atoms with Crippen molar-refractivity contribution in [2.24, 2.45) is 5.73 Å². The van der Waals surface area contributed by atoms with Crippen molar-refractivity contribution in [1.29, 1.82) is 0 Å². The normalized spacial score (nSPS) is 18.4. The predicted octanol–water partition coefficient (Wildman–Crippen LogP) is 3.03. The smallest absolute Gasteiger partial charge is 0.0991 e. The molecule has 3 rings (SSSR count). The Labute approximate surface area is 114 Å². The average molecular weight is 255 g/mol. The minimum absolute atomic E-state index is 0.189. The van der Waals surface area contributed by atoms with Gasteiger partial charge in [-0.15, -0.1) is 0 Å². The molecule has 0 amide bonds. The second-order valence-corrected chi connectivity index (χ2v) is 5.57. The summed E-state index contributed by atoms with van der Waals surface area (Å²) in [4.78, 5) is 4.12. The molecule has 1 saturated carbocycles. The van der Waals surface area contributed by atoms with Crippen LogP contribution in [0.2, 0.25) is 0 Å². The highest BCUT2D eigenvalue weighted by atomic mass is 15.0. The molecule has 0 atom stereocenters. The first-order chi connectivity index (χ1) is 9.34. The maximum Gasteiger partial charge on any atom is 0.0991 e. The SMILES string of the molecule is NCC1(c2cccc(-n3ccnc3)c2)CCCCC1. The molecule has 1 aromatic carbocycles. The van der Waals surface area contributed by atoms with Gasteiger partial charge in [0.2, 0.25) is 0 Å². The lowest BCUT2D eigenvalue weighted by Crippen LogP contribution is -2.37. The van der Waals surface area contributed by atoms with Gasteiger partial charge in [0.15, 0.2) is 0 Å². The molecule has 0 saturated heterocycles. The minimum Gasteiger partial charge on any atom is -0.330 e. The van der Waals surface area contributed by atoms with Gasteiger partial charge in [0.1, 0.15) is 0 Å². The van der Waals surface area contributed by atoms with Gasteiger partial charge in [0.25, 0.3) is 0 Å². The van der Waals surface area contributed by atoms with Crippen molar-refractivity contribution in [3.8, 4) is 5.69 Å². The van der Waals surface area contributed by atoms with E-state index in [0.717, 1.165) is 6.54 Å². The van der Waals surface area contributed by atoms with Crippen LogP contribution >= 0.6 is 0 Å². The number of nitrogens with zero attached hydrogens (tertiary/aromatic N) is 2. The van der Waals surface area contributed by atoms with Gasteiger partial charge in [-0.1, -0.05) is 31.4 Å². The van der Waals surface area contributed by atoms with Crippen LogP contribution < -0.4 is 5.73 Å². The van der Waals surface area contributed by atoms with E-state index in [1.54, 1.807) is 0 Å². The van der Waals surface area contributed by atoms with Crippen LogP contribution in [0.5, 0.6) is 0 Å². The summed E-state index contributed by atoms with van der Waals surface area (Å²) in [6, 6.07) is 8.77. The number of rotatable bonds is 3. The lowest BCUT2D eigenvalue weighted by Gasteiger charge is -2.37. The van der Waals surface area contributed by atoms with Crippen molar-refractivity contribution in [3.05, 3.63) is 48.5 Å². The van der Waals surface area contributed by atoms with Gasteiger partial charge >= 0.3 is 0 Å². The molecule has 1 fully saturated rings. The van der Waals surface area contributed by atoms with E-state index in [1.807, 2.05) is 18.7 Å². The Kier molecular flexibility index (Phi) is 3.38. The van der Waals surface area contributed by atoms with Crippen LogP contribution in [-0.4, -0.2) is 16.1 Å². The van der Waals surface area contributed by atoms with Crippen LogP contribution in [0.4, 0.5) is 0 Å². The average Bonchev–Trinajstić information content (AvgIpc) is 3.02. The van der Waals surface area contributed by atoms with Gasteiger partial charge in [-0.05, 0) is 30.5 Å². The highest BCUT2D eigenvalue weighted by molar-refractivity contribution is 5.39. The van der Waals surface area contributed by atoms with Crippen molar-refractivity contribution in [2.45, 2.75) is 37.5 Å². The van der Waals surface area contributed by atoms with Crippen LogP contribution in [0.1, 0.15) is 37.7 Å². The van der Waals surface area contributed by atoms with Gasteiger partial charge in [-0.25, -0.2) is 4.98 Å². The fourth-order valence-corrected chi connectivity index (χ4v) is 3.25. The largest absolute Gasteiger partial charge is 0.330 e. The molecule has 19 heavy (non-hydrogen) atoms. The molecule has 0 spiro atoms. The quantitative estimate of drug-likeness (QED) is 0.916. The van der Waals surface area contributed by atoms with E-state index < -0.39 is 0 Å². The van der Waals surface area contributed by atoms with E-state index in [1.165, 1.54) is 43.4 Å². The minimum atomic E-state index is 0.189. The fraction of sp³-hybridized carbons (Fsp3) is 0.438. The molecular formula is C16H21N3. The molecule has 2 aromatic rings. The first kappa shape index (κ1) is 12.4. The van der Waals surface area contributed by atoms with E-state index >= 15 is 0 Å². The van der Waals surface area contributed by atoms with Crippen molar-refractivity contribution in [2.75, 3.05) is 6.54 Å². The number of imidazole rings is 1. The van der Waals surface area contributed by atoms with Gasteiger partial charge in [-0.2, -0.15) is 0 Å². The van der Waals surface area contributed by atoms with Crippen LogP contribution in [0.25, 0.3) is 5.69 Å². The Bertz CT molecular complexity index is 525. The second kappa shape index (κ2) is 5.17. The number of hydrogen-bond donors (Lipinski definition) is 1. The van der Waals surface area contributed by atoms with E-state index in [2.05, 4.69) is 33.8 Å². The van der Waals surface area contributed by atoms with Gasteiger partial charge < -0.3 is 10.3 Å². The second-order valence-electron chi connectivity index (χ2n) is 5.57. The van der Waals surface area contributed by atoms with E-state index in [0.29, 0.717) is 0 Å². The summed E-state index contributed by atoms with van der Waals surface area (Å²) in [5.74, 6) is 0. The molecule has 0 bridgehead atoms. The highest BCUT2D eigenvalue weighted by Gasteiger charge is 2.32. The lowest BCUT2D eigenvalue weighted by atomic mass is 9.69. The van der Waals surface area contributed by atoms with Crippen LogP contribution in [-0.2, 0) is 5.41 Å². The zero-order valence-electron chi connectivity index (χ0n) is 11.3. The predicted molar refractivity (Wildman–Crippen MR) is 77.4 cm³/mol. The molecule has 2 N–H and O–H groups in total. The Morgan fingerprint density at radius 1 is 1.21 bits per heavy atom. The fourth-order valence-electron chi connectivity index (χ4n) is 3.25. The lowest BCUT2D eigenvalue weighted by molar-refractivity contribution is 0.301. The Morgan fingerprint density at radius 3 is 2.74 bits per heavy atom. The topological polar surface area (TPSA) is 43.8 Å². The Balaban J connectivity index is 1.98. The molecule has 1 heterocycles. The Morgan fingerprint density at radius 2 is 2.05 bits per heavy atom. The van der Waals surface area contributed by atoms with Crippen LogP contribution in [0, 0.1) is 0 Å². The van der Waals surface area contributed by atoms with Crippen molar-refractivity contribution >= 4 is 0 Å². The van der Waals surface area contributed by atoms with E-state index in [4.69, 9.17) is 5.73 Å². The number of benzene rings is 1. The first-order valence-electron chi connectivity index (χ1n) is 7.13. The summed E-state index contributed by atoms with van der Waals surface area (Å²) in [6.45, 7) is 0.750.